The topological polar surface area (TPSA) is 65.5 Å². The number of aryl methyl sites for hydroxylation is 2. The van der Waals surface area contributed by atoms with Gasteiger partial charge in [-0.2, -0.15) is 0 Å². The Morgan fingerprint density at radius 3 is 2.87 bits per heavy atom. The Kier molecular flexibility index (Phi) is 4.81. The van der Waals surface area contributed by atoms with Crippen LogP contribution in [0, 0.1) is 13.8 Å². The average Bonchev–Trinajstić information content (AvgIpc) is 3.38. The zero-order chi connectivity index (χ0) is 20.8. The van der Waals surface area contributed by atoms with Crippen LogP contribution in [0.25, 0.3) is 20.7 Å². The summed E-state index contributed by atoms with van der Waals surface area (Å²) in [6.07, 6.45) is 0.847. The van der Waals surface area contributed by atoms with Gasteiger partial charge in [-0.1, -0.05) is 18.2 Å². The Bertz CT molecular complexity index is 1270. The number of carbonyl (C=O) groups excluding carboxylic acids is 1. The van der Waals surface area contributed by atoms with Crippen molar-refractivity contribution in [1.29, 1.82) is 0 Å². The van der Waals surface area contributed by atoms with E-state index < -0.39 is 5.91 Å². The molecule has 1 aliphatic heterocycles. The first-order valence-corrected chi connectivity index (χ1v) is 11.5. The fourth-order valence-corrected chi connectivity index (χ4v) is 6.24. The van der Waals surface area contributed by atoms with E-state index in [2.05, 4.69) is 41.5 Å². The molecule has 30 heavy (non-hydrogen) atoms. The van der Waals surface area contributed by atoms with E-state index >= 15 is 0 Å². The largest absolute Gasteiger partial charge is 0.343 e. The lowest BCUT2D eigenvalue weighted by atomic mass is 9.93. The molecular formula is C23H21N3O2S2. The number of anilines is 1. The maximum absolute atomic E-state index is 11.8. The first kappa shape index (κ1) is 19.2. The van der Waals surface area contributed by atoms with Crippen LogP contribution in [-0.2, 0) is 13.0 Å². The van der Waals surface area contributed by atoms with Gasteiger partial charge >= 0.3 is 0 Å². The summed E-state index contributed by atoms with van der Waals surface area (Å²) < 4.78 is 1.30. The van der Waals surface area contributed by atoms with E-state index in [9.17, 15) is 4.79 Å². The van der Waals surface area contributed by atoms with Gasteiger partial charge in [0, 0.05) is 28.7 Å². The standard InChI is InChI=1S/C23H21N3O2S2/c1-13-9-16(22(27)25-28)10-15-7-8-26(11-18(13)15)23-24-19(12-29-23)21-14(2)17-5-3-4-6-20(17)30-21/h3-6,9-10,12,28H,7-8,11H2,1-2H3,(H,25,27). The summed E-state index contributed by atoms with van der Waals surface area (Å²) in [5, 5.41) is 13.4. The molecule has 0 spiro atoms. The van der Waals surface area contributed by atoms with Crippen molar-refractivity contribution < 1.29 is 10.0 Å². The Morgan fingerprint density at radius 1 is 1.23 bits per heavy atom. The summed E-state index contributed by atoms with van der Waals surface area (Å²) in [4.78, 5) is 20.3. The van der Waals surface area contributed by atoms with Gasteiger partial charge in [0.2, 0.25) is 0 Å². The predicted octanol–water partition coefficient (Wildman–Crippen LogP) is 5.32. The van der Waals surface area contributed by atoms with Gasteiger partial charge in [0.15, 0.2) is 5.13 Å². The van der Waals surface area contributed by atoms with E-state index in [1.165, 1.54) is 31.7 Å². The van der Waals surface area contributed by atoms with E-state index in [4.69, 9.17) is 10.2 Å². The van der Waals surface area contributed by atoms with Crippen LogP contribution in [0.2, 0.25) is 0 Å². The van der Waals surface area contributed by atoms with Crippen molar-refractivity contribution in [3.8, 4) is 10.6 Å². The summed E-state index contributed by atoms with van der Waals surface area (Å²) in [5.41, 5.74) is 8.04. The molecule has 0 saturated heterocycles. The van der Waals surface area contributed by atoms with Crippen LogP contribution >= 0.6 is 22.7 Å². The van der Waals surface area contributed by atoms with E-state index in [1.54, 1.807) is 28.2 Å². The molecule has 152 valence electrons. The molecule has 0 bridgehead atoms. The molecule has 5 rings (SSSR count). The molecule has 2 aromatic carbocycles. The number of fused-ring (bicyclic) bond motifs is 2. The van der Waals surface area contributed by atoms with Gasteiger partial charge in [0.25, 0.3) is 5.91 Å². The zero-order valence-corrected chi connectivity index (χ0v) is 18.4. The van der Waals surface area contributed by atoms with Crippen LogP contribution in [0.4, 0.5) is 5.13 Å². The molecule has 2 N–H and O–H groups in total. The van der Waals surface area contributed by atoms with Crippen LogP contribution in [0.5, 0.6) is 0 Å². The summed E-state index contributed by atoms with van der Waals surface area (Å²) in [6, 6.07) is 12.2. The minimum absolute atomic E-state index is 0.466. The van der Waals surface area contributed by atoms with Crippen molar-refractivity contribution in [1.82, 2.24) is 10.5 Å². The molecule has 3 heterocycles. The number of carbonyl (C=O) groups is 1. The molecule has 7 heteroatoms. The number of thiophene rings is 1. The molecule has 1 aliphatic rings. The summed E-state index contributed by atoms with van der Waals surface area (Å²) in [6.45, 7) is 5.83. The first-order valence-electron chi connectivity index (χ1n) is 9.81. The van der Waals surface area contributed by atoms with Gasteiger partial charge in [-0.15, -0.1) is 22.7 Å². The zero-order valence-electron chi connectivity index (χ0n) is 16.7. The summed E-state index contributed by atoms with van der Waals surface area (Å²) >= 11 is 3.49. The maximum Gasteiger partial charge on any atom is 0.274 e. The van der Waals surface area contributed by atoms with Crippen molar-refractivity contribution in [3.63, 3.8) is 0 Å². The van der Waals surface area contributed by atoms with Crippen molar-refractivity contribution >= 4 is 43.8 Å². The predicted molar refractivity (Wildman–Crippen MR) is 123 cm³/mol. The number of amides is 1. The number of rotatable bonds is 3. The van der Waals surface area contributed by atoms with Crippen molar-refractivity contribution in [3.05, 3.63) is 69.6 Å². The van der Waals surface area contributed by atoms with E-state index in [0.717, 1.165) is 35.9 Å². The molecule has 2 aromatic heterocycles. The lowest BCUT2D eigenvalue weighted by Crippen LogP contribution is -2.31. The van der Waals surface area contributed by atoms with Crippen molar-refractivity contribution in [2.75, 3.05) is 11.4 Å². The quantitative estimate of drug-likeness (QED) is 0.337. The highest BCUT2D eigenvalue weighted by molar-refractivity contribution is 7.23. The molecule has 0 unspecified atom stereocenters. The second-order valence-electron chi connectivity index (χ2n) is 7.61. The molecule has 0 saturated carbocycles. The van der Waals surface area contributed by atoms with Crippen LogP contribution in [0.3, 0.4) is 0 Å². The van der Waals surface area contributed by atoms with Crippen molar-refractivity contribution in [2.24, 2.45) is 0 Å². The Balaban J connectivity index is 1.44. The molecule has 4 aromatic rings. The molecule has 1 amide bonds. The summed E-state index contributed by atoms with van der Waals surface area (Å²) in [5.74, 6) is -0.466. The number of hydrogen-bond acceptors (Lipinski definition) is 6. The highest BCUT2D eigenvalue weighted by atomic mass is 32.1. The number of benzene rings is 2. The lowest BCUT2D eigenvalue weighted by Gasteiger charge is -2.30. The van der Waals surface area contributed by atoms with Crippen LogP contribution in [0.15, 0.2) is 41.8 Å². The van der Waals surface area contributed by atoms with Gasteiger partial charge in [0.1, 0.15) is 0 Å². The first-order chi connectivity index (χ1) is 14.5. The Hall–Kier alpha value is -2.74. The number of hydrogen-bond donors (Lipinski definition) is 2. The molecule has 5 nitrogen and oxygen atoms in total. The van der Waals surface area contributed by atoms with Crippen LogP contribution in [-0.4, -0.2) is 22.6 Å². The van der Waals surface area contributed by atoms with E-state index in [1.807, 2.05) is 19.1 Å². The normalized spacial score (nSPS) is 13.5. The van der Waals surface area contributed by atoms with E-state index in [0.29, 0.717) is 5.56 Å². The smallest absolute Gasteiger partial charge is 0.274 e. The summed E-state index contributed by atoms with van der Waals surface area (Å²) in [7, 11) is 0. The van der Waals surface area contributed by atoms with Gasteiger partial charge in [-0.3, -0.25) is 10.0 Å². The number of nitrogens with zero attached hydrogens (tertiary/aromatic N) is 2. The van der Waals surface area contributed by atoms with E-state index in [-0.39, 0.29) is 0 Å². The highest BCUT2D eigenvalue weighted by Gasteiger charge is 2.23. The SMILES string of the molecule is Cc1cc(C(=O)NO)cc2c1CN(c1nc(-c3sc4ccccc4c3C)cs1)CC2. The third kappa shape index (κ3) is 3.19. The number of thiazole rings is 1. The monoisotopic (exact) mass is 435 g/mol. The average molecular weight is 436 g/mol. The molecule has 0 atom stereocenters. The van der Waals surface area contributed by atoms with Gasteiger partial charge in [-0.25, -0.2) is 10.5 Å². The number of nitrogens with one attached hydrogen (secondary N) is 1. The fourth-order valence-electron chi connectivity index (χ4n) is 4.16. The lowest BCUT2D eigenvalue weighted by molar-refractivity contribution is 0.0706. The third-order valence-corrected chi connectivity index (χ3v) is 7.96. The van der Waals surface area contributed by atoms with Crippen molar-refractivity contribution in [2.45, 2.75) is 26.8 Å². The van der Waals surface area contributed by atoms with Crippen LogP contribution < -0.4 is 10.4 Å². The molecule has 0 radical (unpaired) electrons. The second-order valence-corrected chi connectivity index (χ2v) is 9.50. The minimum Gasteiger partial charge on any atom is -0.343 e. The van der Waals surface area contributed by atoms with Crippen LogP contribution in [0.1, 0.15) is 32.6 Å². The van der Waals surface area contributed by atoms with Gasteiger partial charge in [-0.05, 0) is 66.1 Å². The van der Waals surface area contributed by atoms with Gasteiger partial charge < -0.3 is 4.90 Å². The molecule has 0 aliphatic carbocycles. The molecular weight excluding hydrogens is 414 g/mol. The highest BCUT2D eigenvalue weighted by Crippen LogP contribution is 2.40. The maximum atomic E-state index is 11.8. The third-order valence-electron chi connectivity index (χ3n) is 5.77. The second kappa shape index (κ2) is 7.50. The Morgan fingerprint density at radius 2 is 2.07 bits per heavy atom. The van der Waals surface area contributed by atoms with Gasteiger partial charge in [0.05, 0.1) is 10.6 Å². The number of aromatic nitrogens is 1. The number of hydroxylamine groups is 1. The molecule has 0 fully saturated rings. The fraction of sp³-hybridized carbons (Fsp3) is 0.217. The minimum atomic E-state index is -0.466. The Labute approximate surface area is 182 Å².